The molecule has 19 N–H and O–H groups in total. The van der Waals surface area contributed by atoms with E-state index in [0.29, 0.717) is 91.7 Å². The highest BCUT2D eigenvalue weighted by Gasteiger charge is 2.29. The molecule has 0 spiro atoms. The third-order valence-electron chi connectivity index (χ3n) is 18.1. The largest absolute Gasteiger partial charge is 0.491 e. The first-order valence-electron chi connectivity index (χ1n) is 35.6. The molecule has 109 heavy (non-hydrogen) atoms. The number of pyridine rings is 1. The number of rotatable bonds is 34. The molecule has 0 saturated carbocycles. The number of aromatic nitrogens is 1. The van der Waals surface area contributed by atoms with E-state index in [1.807, 2.05) is 21.9 Å². The van der Waals surface area contributed by atoms with Crippen molar-refractivity contribution in [2.45, 2.75) is 89.7 Å². The van der Waals surface area contributed by atoms with Gasteiger partial charge in [-0.05, 0) is 154 Å². The Bertz CT molecular complexity index is 4270. The molecule has 1 unspecified atom stereocenters. The van der Waals surface area contributed by atoms with Crippen LogP contribution in [0.3, 0.4) is 0 Å². The molecule has 6 aromatic rings. The molecule has 0 aliphatic carbocycles. The number of hydrogen-bond acceptors (Lipinski definition) is 18. The molecular weight excluding hydrogens is 1470 g/mol. The lowest BCUT2D eigenvalue weighted by molar-refractivity contribution is -0.137. The summed E-state index contributed by atoms with van der Waals surface area (Å²) in [4.78, 5) is 118. The minimum absolute atomic E-state index is 0.00610. The lowest BCUT2D eigenvalue weighted by Crippen LogP contribution is -2.46. The maximum atomic E-state index is 13.1. The van der Waals surface area contributed by atoms with Crippen LogP contribution in [0.25, 0.3) is 0 Å². The Morgan fingerprint density at radius 3 is 1.42 bits per heavy atom. The average molecular weight is 1570 g/mol. The lowest BCUT2D eigenvalue weighted by atomic mass is 9.95. The van der Waals surface area contributed by atoms with Crippen LogP contribution in [0.1, 0.15) is 123 Å². The monoisotopic (exact) mass is 1560 g/mol. The van der Waals surface area contributed by atoms with Gasteiger partial charge in [0.1, 0.15) is 66.4 Å². The minimum atomic E-state index is -4.18. The highest BCUT2D eigenvalue weighted by atomic mass is 31.2. The Hall–Kier alpha value is -10.0. The number of carboxylic acid groups (broad SMARTS) is 1. The summed E-state index contributed by atoms with van der Waals surface area (Å²) in [5, 5.41) is 48.3. The van der Waals surface area contributed by atoms with Gasteiger partial charge < -0.3 is 96.4 Å². The van der Waals surface area contributed by atoms with Gasteiger partial charge in [-0.3, -0.25) is 64.3 Å². The van der Waals surface area contributed by atoms with Gasteiger partial charge in [-0.25, -0.2) is 0 Å². The molecule has 3 aliphatic heterocycles. The summed E-state index contributed by atoms with van der Waals surface area (Å²) in [7, 11) is -11.6. The SMILES string of the molecule is CC(=N)N1CCC(Oc2ccc(C(=O)NCCOc3cc(C(=N)N)ccc3CCP(=O)(O)O)cc2)CC1.CP(=O)(O)CCc1ccc(C(=N)N)cc1OC[C@@H](CCC(=O)O)NC(=O)C1CCN(c2ccncc2)CC1.N=C(N)c1ccc(CCP(=O)(O)O)c(OCCNC(=O)c2ccc(C(=O)N3CCCC3)cc2)c1. The molecular formula is C74H99N14O18P3. The quantitative estimate of drug-likeness (QED) is 0.00883. The van der Waals surface area contributed by atoms with E-state index in [2.05, 4.69) is 25.8 Å². The Labute approximate surface area is 632 Å². The number of nitrogens with two attached hydrogens (primary N) is 3. The number of nitrogens with one attached hydrogen (secondary N) is 7. The van der Waals surface area contributed by atoms with E-state index in [1.54, 1.807) is 116 Å². The number of ether oxygens (including phenoxy) is 4. The predicted octanol–water partition coefficient (Wildman–Crippen LogP) is 6.53. The molecule has 9 rings (SSSR count). The zero-order valence-corrected chi connectivity index (χ0v) is 63.7. The number of anilines is 1. The number of aliphatic carboxylic acids is 1. The van der Waals surface area contributed by atoms with Crippen molar-refractivity contribution in [1.29, 1.82) is 21.6 Å². The van der Waals surface area contributed by atoms with Gasteiger partial charge >= 0.3 is 21.2 Å². The summed E-state index contributed by atoms with van der Waals surface area (Å²) in [6.45, 7) is 8.25. The number of nitrogens with zero attached hydrogens (tertiary/aromatic N) is 4. The molecule has 35 heteroatoms. The summed E-state index contributed by atoms with van der Waals surface area (Å²) in [5.41, 5.74) is 22.3. The van der Waals surface area contributed by atoms with Crippen LogP contribution in [0, 0.1) is 27.6 Å². The first-order valence-corrected chi connectivity index (χ1v) is 41.4. The molecule has 3 aliphatic rings. The van der Waals surface area contributed by atoms with Crippen LogP contribution in [-0.4, -0.2) is 207 Å². The molecule has 4 amide bonds. The van der Waals surface area contributed by atoms with Crippen molar-refractivity contribution in [2.75, 3.05) is 102 Å². The number of likely N-dealkylation sites (tertiary alicyclic amines) is 2. The molecule has 0 radical (unpaired) electrons. The van der Waals surface area contributed by atoms with Gasteiger partial charge in [-0.15, -0.1) is 0 Å². The first-order chi connectivity index (χ1) is 51.7. The van der Waals surface area contributed by atoms with E-state index < -0.39 is 34.6 Å². The summed E-state index contributed by atoms with van der Waals surface area (Å²) < 4.78 is 57.8. The Balaban J connectivity index is 0.000000228. The van der Waals surface area contributed by atoms with Crippen LogP contribution >= 0.6 is 22.6 Å². The molecule has 5 aromatic carbocycles. The highest BCUT2D eigenvalue weighted by Crippen LogP contribution is 2.39. The van der Waals surface area contributed by atoms with E-state index in [1.165, 1.54) is 12.7 Å². The van der Waals surface area contributed by atoms with E-state index in [4.69, 9.17) is 67.6 Å². The Morgan fingerprint density at radius 1 is 0.560 bits per heavy atom. The van der Waals surface area contributed by atoms with Crippen molar-refractivity contribution >= 4 is 81.2 Å². The molecule has 588 valence electrons. The second-order valence-electron chi connectivity index (χ2n) is 26.6. The van der Waals surface area contributed by atoms with E-state index in [9.17, 15) is 57.5 Å². The van der Waals surface area contributed by atoms with Crippen molar-refractivity contribution in [3.05, 3.63) is 178 Å². The number of amidine groups is 4. The Kier molecular flexibility index (Phi) is 32.8. The number of piperidine rings is 2. The second kappa shape index (κ2) is 41.5. The lowest BCUT2D eigenvalue weighted by Gasteiger charge is -2.33. The maximum absolute atomic E-state index is 13.1. The average Bonchev–Trinajstić information content (AvgIpc) is 1.63. The minimum Gasteiger partial charge on any atom is -0.491 e. The summed E-state index contributed by atoms with van der Waals surface area (Å²) in [5.74, 6) is -0.0390. The zero-order valence-electron chi connectivity index (χ0n) is 61.0. The topological polar surface area (TPSA) is 527 Å². The van der Waals surface area contributed by atoms with Gasteiger partial charge in [0.15, 0.2) is 7.37 Å². The molecule has 3 saturated heterocycles. The summed E-state index contributed by atoms with van der Waals surface area (Å²) >= 11 is 0. The number of amides is 4. The zero-order chi connectivity index (χ0) is 79.4. The number of carbonyl (C=O) groups excluding carboxylic acids is 4. The highest BCUT2D eigenvalue weighted by molar-refractivity contribution is 7.57. The van der Waals surface area contributed by atoms with Crippen molar-refractivity contribution < 1.29 is 86.2 Å². The van der Waals surface area contributed by atoms with Crippen LogP contribution in [0.15, 0.2) is 128 Å². The van der Waals surface area contributed by atoms with Crippen molar-refractivity contribution in [3.8, 4) is 23.0 Å². The van der Waals surface area contributed by atoms with Gasteiger partial charge in [0, 0.05) is 129 Å². The first kappa shape index (κ1) is 86.2. The Morgan fingerprint density at radius 2 is 0.991 bits per heavy atom. The predicted molar refractivity (Wildman–Crippen MR) is 414 cm³/mol. The van der Waals surface area contributed by atoms with Gasteiger partial charge in [-0.1, -0.05) is 36.4 Å². The fourth-order valence-corrected chi connectivity index (χ4v) is 13.6. The van der Waals surface area contributed by atoms with Crippen LogP contribution in [-0.2, 0) is 42.5 Å². The third kappa shape index (κ3) is 29.8. The smallest absolute Gasteiger partial charge is 0.325 e. The fourth-order valence-electron chi connectivity index (χ4n) is 11.9. The number of nitrogen functional groups attached to an aromatic ring is 3. The molecule has 2 atom stereocenters. The van der Waals surface area contributed by atoms with Gasteiger partial charge in [0.05, 0.1) is 37.3 Å². The molecule has 3 fully saturated rings. The second-order valence-corrected chi connectivity index (χ2v) is 32.7. The van der Waals surface area contributed by atoms with Crippen LogP contribution in [0.4, 0.5) is 5.69 Å². The van der Waals surface area contributed by atoms with Gasteiger partial charge in [0.25, 0.3) is 17.7 Å². The van der Waals surface area contributed by atoms with Crippen LogP contribution in [0.5, 0.6) is 23.0 Å². The van der Waals surface area contributed by atoms with Gasteiger partial charge in [0.2, 0.25) is 5.91 Å². The van der Waals surface area contributed by atoms with E-state index in [-0.39, 0.29) is 137 Å². The van der Waals surface area contributed by atoms with Crippen molar-refractivity contribution in [1.82, 2.24) is 30.7 Å². The van der Waals surface area contributed by atoms with Crippen LogP contribution in [0.2, 0.25) is 0 Å². The number of hydrogen-bond donors (Lipinski definition) is 16. The number of carboxylic acids is 1. The summed E-state index contributed by atoms with van der Waals surface area (Å²) in [6.07, 6.45) is 8.50. The standard InChI is InChI=1S/C26H36N5O6P.C25H34N5O6P.C23H29N4O6P/c1-38(35,36)15-10-18-2-3-20(25(27)28)16-23(18)37-17-21(4-5-24(32)33)30-26(34)19-8-13-31(14-9-19)22-6-11-29-12-7-22;1-17(26)30-12-8-22(9-13-30)36-21-6-4-19(5-7-21)25(31)29-11-14-35-23-16-20(24(27)28)3-2-18(23)10-15-37(32,33)34;24-21(25)19-8-3-16(9-14-34(30,31)32)20(15-19)33-13-10-26-22(28)17-4-6-18(7-5-17)23(29)27-11-1-2-12-27/h2-3,6-7,11-12,16,19,21H,4-5,8-10,13-15,17H2,1H3,(H3,27,28)(H,30,34)(H,32,33)(H,35,36);2-7,16,22,26H,8-15H2,1H3,(H3,27,28)(H,29,31)(H2,32,33,34);3-8,15H,1-2,9-14H2,(H3,24,25)(H,26,28)(H2,30,31,32)/t21-;;/m1../s1. The number of aryl methyl sites for hydroxylation is 3. The molecule has 1 aromatic heterocycles. The summed E-state index contributed by atoms with van der Waals surface area (Å²) in [6, 6.07) is 31.2. The number of carbonyl (C=O) groups is 5. The fraction of sp³-hybridized carbons (Fsp3) is 0.405. The molecule has 0 bridgehead atoms. The van der Waals surface area contributed by atoms with E-state index in [0.717, 1.165) is 70.6 Å². The van der Waals surface area contributed by atoms with E-state index >= 15 is 0 Å². The van der Waals surface area contributed by atoms with Crippen molar-refractivity contribution in [3.63, 3.8) is 0 Å². The maximum Gasteiger partial charge on any atom is 0.325 e. The van der Waals surface area contributed by atoms with Gasteiger partial charge in [-0.2, -0.15) is 0 Å². The number of benzene rings is 5. The molecule has 4 heterocycles. The normalized spacial score (nSPS) is 14.7. The van der Waals surface area contributed by atoms with Crippen LogP contribution < -0.4 is 57.0 Å². The third-order valence-corrected chi connectivity index (χ3v) is 20.7. The molecule has 32 nitrogen and oxygen atoms in total. The van der Waals surface area contributed by atoms with Crippen molar-refractivity contribution in [2.24, 2.45) is 23.1 Å².